The lowest BCUT2D eigenvalue weighted by molar-refractivity contribution is 0.0146. The fourth-order valence-electron chi connectivity index (χ4n) is 4.07. The highest BCUT2D eigenvalue weighted by atomic mass is 35.5. The summed E-state index contributed by atoms with van der Waals surface area (Å²) in [5.41, 5.74) is 2.87. The van der Waals surface area contributed by atoms with Crippen LogP contribution in [0.4, 0.5) is 4.39 Å². The molecule has 3 aromatic rings. The van der Waals surface area contributed by atoms with E-state index in [1.165, 1.54) is 24.3 Å². The Bertz CT molecular complexity index is 1090. The number of likely N-dealkylation sites (tertiary alicyclic amines) is 1. The average Bonchev–Trinajstić information content (AvgIpc) is 3.28. The van der Waals surface area contributed by atoms with Crippen LogP contribution in [0.3, 0.4) is 0 Å². The van der Waals surface area contributed by atoms with E-state index in [4.69, 9.17) is 11.6 Å². The van der Waals surface area contributed by atoms with Gasteiger partial charge in [-0.05, 0) is 65.9 Å². The number of ketones is 1. The normalized spacial score (nSPS) is 17.6. The molecule has 0 radical (unpaired) electrons. The molecule has 0 aliphatic carbocycles. The molecular formula is C24H22ClFN2O3. The number of carbonyl (C=O) groups excluding carboxylic acids is 1. The van der Waals surface area contributed by atoms with Crippen molar-refractivity contribution in [3.63, 3.8) is 0 Å². The van der Waals surface area contributed by atoms with E-state index in [0.717, 1.165) is 12.0 Å². The Morgan fingerprint density at radius 2 is 1.94 bits per heavy atom. The van der Waals surface area contributed by atoms with Gasteiger partial charge in [0.1, 0.15) is 11.5 Å². The van der Waals surface area contributed by atoms with Crippen molar-refractivity contribution in [3.05, 3.63) is 99.6 Å². The van der Waals surface area contributed by atoms with Gasteiger partial charge in [0.05, 0.1) is 11.6 Å². The smallest absolute Gasteiger partial charge is 0.193 e. The third-order valence-electron chi connectivity index (χ3n) is 5.72. The Hall–Kier alpha value is -2.64. The highest BCUT2D eigenvalue weighted by molar-refractivity contribution is 6.31. The van der Waals surface area contributed by atoms with Crippen LogP contribution in [0, 0.1) is 5.82 Å². The molecule has 1 saturated heterocycles. The molecule has 7 heteroatoms. The molecule has 0 amide bonds. The summed E-state index contributed by atoms with van der Waals surface area (Å²) < 4.78 is 13.1. The summed E-state index contributed by atoms with van der Waals surface area (Å²) in [4.78, 5) is 18.8. The number of aromatic nitrogens is 1. The zero-order valence-corrected chi connectivity index (χ0v) is 17.5. The lowest BCUT2D eigenvalue weighted by atomic mass is 9.90. The van der Waals surface area contributed by atoms with Gasteiger partial charge in [-0.2, -0.15) is 0 Å². The SMILES string of the molecule is O=C(c1ccc(F)cc1)c1ccc(C2CCN(C(O)c3ncccc3Cl)C2)c(CO)c1. The van der Waals surface area contributed by atoms with Crippen LogP contribution in [0.25, 0.3) is 0 Å². The molecule has 1 aromatic heterocycles. The predicted octanol–water partition coefficient (Wildman–Crippen LogP) is 4.08. The standard InChI is InChI=1S/C24H22ClFN2O3/c25-21-2-1-10-27-22(21)24(31)28-11-9-17(13-28)20-8-5-16(12-18(20)14-29)23(30)15-3-6-19(26)7-4-15/h1-8,10,12,17,24,29,31H,9,11,13-14H2. The van der Waals surface area contributed by atoms with Gasteiger partial charge in [0.15, 0.2) is 12.0 Å². The van der Waals surface area contributed by atoms with Crippen molar-refractivity contribution in [1.82, 2.24) is 9.88 Å². The number of aliphatic hydroxyl groups excluding tert-OH is 2. The van der Waals surface area contributed by atoms with Crippen molar-refractivity contribution in [2.75, 3.05) is 13.1 Å². The van der Waals surface area contributed by atoms with Crippen molar-refractivity contribution in [1.29, 1.82) is 0 Å². The fraction of sp³-hybridized carbons (Fsp3) is 0.250. The van der Waals surface area contributed by atoms with E-state index in [2.05, 4.69) is 4.98 Å². The van der Waals surface area contributed by atoms with Gasteiger partial charge in [0.25, 0.3) is 0 Å². The molecule has 2 heterocycles. The number of benzene rings is 2. The zero-order chi connectivity index (χ0) is 22.0. The van der Waals surface area contributed by atoms with Crippen LogP contribution in [0.5, 0.6) is 0 Å². The molecular weight excluding hydrogens is 419 g/mol. The van der Waals surface area contributed by atoms with Crippen LogP contribution in [-0.4, -0.2) is 39.0 Å². The van der Waals surface area contributed by atoms with Gasteiger partial charge >= 0.3 is 0 Å². The Morgan fingerprint density at radius 3 is 2.65 bits per heavy atom. The minimum atomic E-state index is -0.907. The molecule has 2 unspecified atom stereocenters. The predicted molar refractivity (Wildman–Crippen MR) is 115 cm³/mol. The molecule has 0 bridgehead atoms. The quantitative estimate of drug-likeness (QED) is 0.565. The van der Waals surface area contributed by atoms with Crippen LogP contribution in [0.15, 0.2) is 60.8 Å². The van der Waals surface area contributed by atoms with E-state index >= 15 is 0 Å². The summed E-state index contributed by atoms with van der Waals surface area (Å²) in [5, 5.41) is 21.1. The van der Waals surface area contributed by atoms with Gasteiger partial charge in [-0.25, -0.2) is 4.39 Å². The molecule has 31 heavy (non-hydrogen) atoms. The molecule has 5 nitrogen and oxygen atoms in total. The van der Waals surface area contributed by atoms with E-state index in [-0.39, 0.29) is 18.3 Å². The van der Waals surface area contributed by atoms with Gasteiger partial charge in [0.2, 0.25) is 0 Å². The largest absolute Gasteiger partial charge is 0.392 e. The first-order chi connectivity index (χ1) is 15.0. The Balaban J connectivity index is 1.53. The molecule has 1 aliphatic heterocycles. The second-order valence-electron chi connectivity index (χ2n) is 7.63. The van der Waals surface area contributed by atoms with Crippen molar-refractivity contribution in [2.24, 2.45) is 0 Å². The summed E-state index contributed by atoms with van der Waals surface area (Å²) in [5.74, 6) is -0.535. The van der Waals surface area contributed by atoms with Gasteiger partial charge in [-0.3, -0.25) is 14.7 Å². The number of pyridine rings is 1. The molecule has 1 aliphatic rings. The second-order valence-corrected chi connectivity index (χ2v) is 8.04. The summed E-state index contributed by atoms with van der Waals surface area (Å²) in [6.45, 7) is 1.02. The number of hydrogen-bond donors (Lipinski definition) is 2. The first-order valence-corrected chi connectivity index (χ1v) is 10.4. The maximum Gasteiger partial charge on any atom is 0.193 e. The number of halogens is 2. The first-order valence-electron chi connectivity index (χ1n) is 10.0. The first kappa shape index (κ1) is 21.6. The van der Waals surface area contributed by atoms with Crippen LogP contribution >= 0.6 is 11.6 Å². The topological polar surface area (TPSA) is 73.7 Å². The number of nitrogens with zero attached hydrogens (tertiary/aromatic N) is 2. The summed E-state index contributed by atoms with van der Waals surface area (Å²) in [6, 6.07) is 14.1. The van der Waals surface area contributed by atoms with Crippen molar-refractivity contribution in [2.45, 2.75) is 25.2 Å². The minimum absolute atomic E-state index is 0.0919. The second kappa shape index (κ2) is 9.24. The van der Waals surface area contributed by atoms with Gasteiger partial charge in [-0.15, -0.1) is 0 Å². The maximum atomic E-state index is 13.1. The number of rotatable bonds is 6. The van der Waals surface area contributed by atoms with Crippen molar-refractivity contribution < 1.29 is 19.4 Å². The number of carbonyl (C=O) groups is 1. The molecule has 1 fully saturated rings. The van der Waals surface area contributed by atoms with Gasteiger partial charge < -0.3 is 10.2 Å². The van der Waals surface area contributed by atoms with Crippen LogP contribution < -0.4 is 0 Å². The van der Waals surface area contributed by atoms with E-state index in [1.807, 2.05) is 11.0 Å². The lowest BCUT2D eigenvalue weighted by Gasteiger charge is -2.23. The Kier molecular flexibility index (Phi) is 6.43. The minimum Gasteiger partial charge on any atom is -0.392 e. The monoisotopic (exact) mass is 440 g/mol. The third-order valence-corrected chi connectivity index (χ3v) is 6.04. The molecule has 0 spiro atoms. The van der Waals surface area contributed by atoms with Crippen molar-refractivity contribution >= 4 is 17.4 Å². The van der Waals surface area contributed by atoms with Crippen LogP contribution in [0.1, 0.15) is 51.3 Å². The highest BCUT2D eigenvalue weighted by Gasteiger charge is 2.31. The maximum absolute atomic E-state index is 13.1. The van der Waals surface area contributed by atoms with Crippen LogP contribution in [0.2, 0.25) is 5.02 Å². The Labute approximate surface area is 184 Å². The van der Waals surface area contributed by atoms with Crippen LogP contribution in [-0.2, 0) is 6.61 Å². The number of aliphatic hydroxyl groups is 2. The van der Waals surface area contributed by atoms with E-state index in [1.54, 1.807) is 30.5 Å². The molecule has 4 rings (SSSR count). The fourth-order valence-corrected chi connectivity index (χ4v) is 4.29. The Morgan fingerprint density at radius 1 is 1.19 bits per heavy atom. The van der Waals surface area contributed by atoms with Gasteiger partial charge in [-0.1, -0.05) is 23.7 Å². The molecule has 2 N–H and O–H groups in total. The van der Waals surface area contributed by atoms with Crippen molar-refractivity contribution in [3.8, 4) is 0 Å². The number of hydrogen-bond acceptors (Lipinski definition) is 5. The molecule has 2 aromatic carbocycles. The summed E-state index contributed by atoms with van der Waals surface area (Å²) in [6.07, 6.45) is 1.48. The molecule has 160 valence electrons. The highest BCUT2D eigenvalue weighted by Crippen LogP contribution is 2.35. The lowest BCUT2D eigenvalue weighted by Crippen LogP contribution is -2.27. The third kappa shape index (κ3) is 4.52. The molecule has 0 saturated carbocycles. The summed E-state index contributed by atoms with van der Waals surface area (Å²) in [7, 11) is 0. The van der Waals surface area contributed by atoms with E-state index in [0.29, 0.717) is 40.5 Å². The van der Waals surface area contributed by atoms with E-state index < -0.39 is 12.0 Å². The van der Waals surface area contributed by atoms with E-state index in [9.17, 15) is 19.4 Å². The average molecular weight is 441 g/mol. The molecule has 2 atom stereocenters. The zero-order valence-electron chi connectivity index (χ0n) is 16.7. The summed E-state index contributed by atoms with van der Waals surface area (Å²) >= 11 is 6.17. The van der Waals surface area contributed by atoms with Gasteiger partial charge in [0, 0.05) is 30.4 Å².